The zero-order valence-electron chi connectivity index (χ0n) is 4.82. The second-order valence-electron chi connectivity index (χ2n) is 1.44. The highest BCUT2D eigenvalue weighted by Crippen LogP contribution is 1.92. The normalized spacial score (nSPS) is 8.90. The highest BCUT2D eigenvalue weighted by molar-refractivity contribution is 6.15. The summed E-state index contributed by atoms with van der Waals surface area (Å²) < 4.78 is 3.84. The topological polar surface area (TPSA) is 52.1 Å². The summed E-state index contributed by atoms with van der Waals surface area (Å²) in [7, 11) is 0. The fourth-order valence-corrected chi connectivity index (χ4v) is 0.508. The molecule has 0 unspecified atom stereocenters. The van der Waals surface area contributed by atoms with Gasteiger partial charge in [0.25, 0.3) is 0 Å². The molecular formula is C5H3ClN2O2. The standard InChI is InChI=1S/C5H3ClN2O2/c6-10-5(9)4-7-2-1-3-8-4/h1-3H. The molecule has 52 valence electrons. The second-order valence-corrected chi connectivity index (χ2v) is 1.59. The lowest BCUT2D eigenvalue weighted by atomic mass is 10.6. The van der Waals surface area contributed by atoms with E-state index in [1.807, 2.05) is 0 Å². The average Bonchev–Trinajstić information content (AvgIpc) is 2.05. The summed E-state index contributed by atoms with van der Waals surface area (Å²) in [5.41, 5.74) is 0. The van der Waals surface area contributed by atoms with E-state index in [1.165, 1.54) is 12.4 Å². The van der Waals surface area contributed by atoms with Crippen LogP contribution in [-0.4, -0.2) is 15.9 Å². The number of nitrogens with zero attached hydrogens (tertiary/aromatic N) is 2. The van der Waals surface area contributed by atoms with Gasteiger partial charge in [-0.3, -0.25) is 0 Å². The van der Waals surface area contributed by atoms with E-state index in [0.717, 1.165) is 0 Å². The Morgan fingerprint density at radius 3 is 2.60 bits per heavy atom. The highest BCUT2D eigenvalue weighted by atomic mass is 35.5. The molecule has 10 heavy (non-hydrogen) atoms. The van der Waals surface area contributed by atoms with Gasteiger partial charge in [0.1, 0.15) is 11.9 Å². The number of carbonyl (C=O) groups excluding carboxylic acids is 1. The lowest BCUT2D eigenvalue weighted by Gasteiger charge is -1.90. The van der Waals surface area contributed by atoms with Gasteiger partial charge in [0.15, 0.2) is 0 Å². The summed E-state index contributed by atoms with van der Waals surface area (Å²) in [6.45, 7) is 0. The molecule has 0 aliphatic rings. The van der Waals surface area contributed by atoms with Crippen molar-refractivity contribution in [2.45, 2.75) is 0 Å². The van der Waals surface area contributed by atoms with Gasteiger partial charge in [-0.1, -0.05) is 0 Å². The van der Waals surface area contributed by atoms with Crippen molar-refractivity contribution in [2.75, 3.05) is 0 Å². The zero-order chi connectivity index (χ0) is 7.40. The molecule has 1 heterocycles. The van der Waals surface area contributed by atoms with Crippen molar-refractivity contribution < 1.29 is 9.08 Å². The van der Waals surface area contributed by atoms with Crippen LogP contribution < -0.4 is 0 Å². The van der Waals surface area contributed by atoms with Crippen LogP contribution in [0.1, 0.15) is 10.6 Å². The minimum Gasteiger partial charge on any atom is -0.341 e. The third kappa shape index (κ3) is 1.41. The molecule has 0 spiro atoms. The molecule has 0 aliphatic carbocycles. The van der Waals surface area contributed by atoms with Crippen molar-refractivity contribution >= 4 is 17.8 Å². The van der Waals surface area contributed by atoms with E-state index in [-0.39, 0.29) is 5.82 Å². The van der Waals surface area contributed by atoms with Gasteiger partial charge in [-0.15, -0.1) is 0 Å². The van der Waals surface area contributed by atoms with Gasteiger partial charge >= 0.3 is 5.97 Å². The fourth-order valence-electron chi connectivity index (χ4n) is 0.439. The summed E-state index contributed by atoms with van der Waals surface area (Å²) in [5, 5.41) is 0. The highest BCUT2D eigenvalue weighted by Gasteiger charge is 2.07. The molecule has 0 bridgehead atoms. The summed E-state index contributed by atoms with van der Waals surface area (Å²) in [4.78, 5) is 17.7. The smallest absolute Gasteiger partial charge is 0.341 e. The molecule has 0 saturated carbocycles. The summed E-state index contributed by atoms with van der Waals surface area (Å²) >= 11 is 4.76. The SMILES string of the molecule is O=C(OCl)c1ncccn1. The monoisotopic (exact) mass is 158 g/mol. The minimum absolute atomic E-state index is 0.0440. The second kappa shape index (κ2) is 3.12. The van der Waals surface area contributed by atoms with Crippen LogP contribution in [0.4, 0.5) is 0 Å². The Hall–Kier alpha value is -1.16. The van der Waals surface area contributed by atoms with E-state index < -0.39 is 5.97 Å². The van der Waals surface area contributed by atoms with Crippen molar-refractivity contribution in [1.29, 1.82) is 0 Å². The lowest BCUT2D eigenvalue weighted by Crippen LogP contribution is -2.03. The van der Waals surface area contributed by atoms with Crippen LogP contribution in [-0.2, 0) is 4.29 Å². The predicted molar refractivity (Wildman–Crippen MR) is 33.3 cm³/mol. The molecule has 0 amide bonds. The molecule has 1 aromatic heterocycles. The Morgan fingerprint density at radius 1 is 1.50 bits per heavy atom. The number of hydrogen-bond acceptors (Lipinski definition) is 4. The van der Waals surface area contributed by atoms with Crippen molar-refractivity contribution in [3.63, 3.8) is 0 Å². The van der Waals surface area contributed by atoms with E-state index in [0.29, 0.717) is 0 Å². The molecule has 0 saturated heterocycles. The molecular weight excluding hydrogens is 156 g/mol. The van der Waals surface area contributed by atoms with Crippen molar-refractivity contribution in [1.82, 2.24) is 9.97 Å². The van der Waals surface area contributed by atoms with Crippen LogP contribution in [0.3, 0.4) is 0 Å². The maximum Gasteiger partial charge on any atom is 0.394 e. The molecule has 0 atom stereocenters. The third-order valence-corrected chi connectivity index (χ3v) is 0.959. The van der Waals surface area contributed by atoms with Crippen LogP contribution in [0.5, 0.6) is 0 Å². The quantitative estimate of drug-likeness (QED) is 0.606. The number of aromatic nitrogens is 2. The molecule has 0 aliphatic heterocycles. The van der Waals surface area contributed by atoms with Gasteiger partial charge in [-0.25, -0.2) is 14.8 Å². The van der Waals surface area contributed by atoms with Gasteiger partial charge in [0.2, 0.25) is 5.82 Å². The van der Waals surface area contributed by atoms with Crippen LogP contribution in [0, 0.1) is 0 Å². The van der Waals surface area contributed by atoms with Gasteiger partial charge in [0.05, 0.1) is 0 Å². The Labute approximate surface area is 62.0 Å². The number of hydrogen-bond donors (Lipinski definition) is 0. The molecule has 4 nitrogen and oxygen atoms in total. The average molecular weight is 159 g/mol. The van der Waals surface area contributed by atoms with Crippen LogP contribution >= 0.6 is 11.9 Å². The Morgan fingerprint density at radius 2 is 2.10 bits per heavy atom. The first-order valence-corrected chi connectivity index (χ1v) is 2.75. The first-order valence-electron chi connectivity index (χ1n) is 2.44. The maximum absolute atomic E-state index is 10.5. The van der Waals surface area contributed by atoms with Crippen molar-refractivity contribution in [2.24, 2.45) is 0 Å². The maximum atomic E-state index is 10.5. The number of rotatable bonds is 1. The molecule has 0 radical (unpaired) electrons. The molecule has 0 aromatic carbocycles. The molecule has 0 fully saturated rings. The number of carbonyl (C=O) groups is 1. The summed E-state index contributed by atoms with van der Waals surface area (Å²) in [6.07, 6.45) is 2.85. The van der Waals surface area contributed by atoms with Gasteiger partial charge in [0, 0.05) is 12.4 Å². The Balaban J connectivity index is 2.85. The van der Waals surface area contributed by atoms with Crippen molar-refractivity contribution in [3.05, 3.63) is 24.3 Å². The Bertz CT molecular complexity index is 226. The van der Waals surface area contributed by atoms with E-state index in [4.69, 9.17) is 11.9 Å². The van der Waals surface area contributed by atoms with Gasteiger partial charge in [-0.2, -0.15) is 0 Å². The molecule has 1 aromatic rings. The third-order valence-electron chi connectivity index (χ3n) is 0.818. The fraction of sp³-hybridized carbons (Fsp3) is 0. The summed E-state index contributed by atoms with van der Waals surface area (Å²) in [6, 6.07) is 1.59. The first kappa shape index (κ1) is 6.95. The largest absolute Gasteiger partial charge is 0.394 e. The zero-order valence-corrected chi connectivity index (χ0v) is 5.58. The van der Waals surface area contributed by atoms with Crippen LogP contribution in [0.25, 0.3) is 0 Å². The van der Waals surface area contributed by atoms with E-state index in [9.17, 15) is 4.79 Å². The summed E-state index contributed by atoms with van der Waals surface area (Å²) in [5.74, 6) is -0.792. The number of halogens is 1. The van der Waals surface area contributed by atoms with E-state index in [1.54, 1.807) is 6.07 Å². The van der Waals surface area contributed by atoms with Gasteiger partial charge < -0.3 is 4.29 Å². The van der Waals surface area contributed by atoms with Crippen LogP contribution in [0.2, 0.25) is 0 Å². The molecule has 5 heteroatoms. The first-order chi connectivity index (χ1) is 4.84. The lowest BCUT2D eigenvalue weighted by molar-refractivity contribution is 0.0738. The van der Waals surface area contributed by atoms with E-state index in [2.05, 4.69) is 14.3 Å². The van der Waals surface area contributed by atoms with Crippen LogP contribution in [0.15, 0.2) is 18.5 Å². The molecule has 0 N–H and O–H groups in total. The van der Waals surface area contributed by atoms with E-state index >= 15 is 0 Å². The Kier molecular flexibility index (Phi) is 2.17. The van der Waals surface area contributed by atoms with Gasteiger partial charge in [-0.05, 0) is 6.07 Å². The molecule has 1 rings (SSSR count). The van der Waals surface area contributed by atoms with Crippen molar-refractivity contribution in [3.8, 4) is 0 Å². The minimum atomic E-state index is -0.748. The predicted octanol–water partition coefficient (Wildman–Crippen LogP) is 0.787.